The number of hydrogen-bond donors (Lipinski definition) is 2. The number of amides is 1. The maximum Gasteiger partial charge on any atom is 0.411 e. The van der Waals surface area contributed by atoms with Crippen LogP contribution in [0, 0.1) is 12.8 Å². The van der Waals surface area contributed by atoms with Gasteiger partial charge in [-0.05, 0) is 49.9 Å². The summed E-state index contributed by atoms with van der Waals surface area (Å²) in [6.07, 6.45) is 1.43. The van der Waals surface area contributed by atoms with Gasteiger partial charge in [0.2, 0.25) is 0 Å². The SMILES string of the molecule is Cc1cccc(NC(=O)OC2CC(CN)C2)c1. The van der Waals surface area contributed by atoms with Crippen LogP contribution in [0.5, 0.6) is 0 Å². The molecule has 1 saturated carbocycles. The van der Waals surface area contributed by atoms with Crippen molar-refractivity contribution < 1.29 is 9.53 Å². The zero-order chi connectivity index (χ0) is 12.3. The lowest BCUT2D eigenvalue weighted by Crippen LogP contribution is -2.38. The van der Waals surface area contributed by atoms with Crippen molar-refractivity contribution in [2.45, 2.75) is 25.9 Å². The summed E-state index contributed by atoms with van der Waals surface area (Å²) in [5.41, 5.74) is 7.39. The van der Waals surface area contributed by atoms with Crippen molar-refractivity contribution in [3.05, 3.63) is 29.8 Å². The standard InChI is InChI=1S/C13H18N2O2/c1-9-3-2-4-11(5-9)15-13(16)17-12-6-10(7-12)8-14/h2-5,10,12H,6-8,14H2,1H3,(H,15,16). The highest BCUT2D eigenvalue weighted by atomic mass is 16.6. The Morgan fingerprint density at radius 3 is 2.94 bits per heavy atom. The molecule has 0 atom stereocenters. The largest absolute Gasteiger partial charge is 0.446 e. The van der Waals surface area contributed by atoms with Gasteiger partial charge in [-0.15, -0.1) is 0 Å². The first-order valence-electron chi connectivity index (χ1n) is 5.91. The number of carbonyl (C=O) groups is 1. The fourth-order valence-electron chi connectivity index (χ4n) is 1.98. The molecule has 92 valence electrons. The highest BCUT2D eigenvalue weighted by Crippen LogP contribution is 2.29. The van der Waals surface area contributed by atoms with Crippen LogP contribution in [0.25, 0.3) is 0 Å². The maximum absolute atomic E-state index is 11.6. The van der Waals surface area contributed by atoms with Gasteiger partial charge < -0.3 is 10.5 Å². The van der Waals surface area contributed by atoms with Gasteiger partial charge in [-0.3, -0.25) is 5.32 Å². The second kappa shape index (κ2) is 5.19. The molecule has 1 fully saturated rings. The Morgan fingerprint density at radius 1 is 1.53 bits per heavy atom. The van der Waals surface area contributed by atoms with Crippen LogP contribution < -0.4 is 11.1 Å². The molecule has 1 amide bonds. The number of aryl methyl sites for hydroxylation is 1. The molecule has 2 rings (SSSR count). The fraction of sp³-hybridized carbons (Fsp3) is 0.462. The molecule has 1 aromatic rings. The van der Waals surface area contributed by atoms with Crippen molar-refractivity contribution in [1.29, 1.82) is 0 Å². The summed E-state index contributed by atoms with van der Waals surface area (Å²) in [6.45, 7) is 2.66. The molecule has 1 aliphatic carbocycles. The van der Waals surface area contributed by atoms with E-state index in [-0.39, 0.29) is 12.2 Å². The van der Waals surface area contributed by atoms with E-state index in [1.807, 2.05) is 31.2 Å². The molecule has 3 N–H and O–H groups in total. The lowest BCUT2D eigenvalue weighted by atomic mass is 9.82. The van der Waals surface area contributed by atoms with Crippen LogP contribution >= 0.6 is 0 Å². The van der Waals surface area contributed by atoms with Crippen molar-refractivity contribution in [2.75, 3.05) is 11.9 Å². The molecule has 4 nitrogen and oxygen atoms in total. The quantitative estimate of drug-likeness (QED) is 0.843. The Balaban J connectivity index is 1.78. The lowest BCUT2D eigenvalue weighted by molar-refractivity contribution is 0.0278. The van der Waals surface area contributed by atoms with E-state index in [1.165, 1.54) is 0 Å². The van der Waals surface area contributed by atoms with E-state index in [2.05, 4.69) is 5.32 Å². The van der Waals surface area contributed by atoms with Gasteiger partial charge >= 0.3 is 6.09 Å². The molecule has 0 saturated heterocycles. The third-order valence-electron chi connectivity index (χ3n) is 3.06. The Kier molecular flexibility index (Phi) is 3.64. The fourth-order valence-corrected chi connectivity index (χ4v) is 1.98. The first-order valence-corrected chi connectivity index (χ1v) is 5.91. The van der Waals surface area contributed by atoms with Gasteiger partial charge in [-0.2, -0.15) is 0 Å². The topological polar surface area (TPSA) is 64.3 Å². The molecule has 17 heavy (non-hydrogen) atoms. The molecular weight excluding hydrogens is 216 g/mol. The average molecular weight is 234 g/mol. The molecule has 0 radical (unpaired) electrons. The Hall–Kier alpha value is -1.55. The smallest absolute Gasteiger partial charge is 0.411 e. The van der Waals surface area contributed by atoms with Gasteiger partial charge in [0, 0.05) is 5.69 Å². The minimum absolute atomic E-state index is 0.0355. The van der Waals surface area contributed by atoms with Crippen molar-refractivity contribution >= 4 is 11.8 Å². The molecule has 1 aromatic carbocycles. The zero-order valence-corrected chi connectivity index (χ0v) is 9.98. The van der Waals surface area contributed by atoms with Crippen LogP contribution in [0.15, 0.2) is 24.3 Å². The monoisotopic (exact) mass is 234 g/mol. The van der Waals surface area contributed by atoms with Crippen molar-refractivity contribution in [2.24, 2.45) is 11.7 Å². The van der Waals surface area contributed by atoms with E-state index in [0.29, 0.717) is 12.5 Å². The van der Waals surface area contributed by atoms with Gasteiger partial charge in [0.1, 0.15) is 6.10 Å². The maximum atomic E-state index is 11.6. The van der Waals surface area contributed by atoms with Crippen LogP contribution in [-0.4, -0.2) is 18.7 Å². The average Bonchev–Trinajstić information content (AvgIpc) is 2.22. The number of nitrogens with two attached hydrogens (primary N) is 1. The van der Waals surface area contributed by atoms with Gasteiger partial charge in [0.15, 0.2) is 0 Å². The summed E-state index contributed by atoms with van der Waals surface area (Å²) < 4.78 is 5.26. The first kappa shape index (κ1) is 11.9. The lowest BCUT2D eigenvalue weighted by Gasteiger charge is -2.33. The van der Waals surface area contributed by atoms with E-state index >= 15 is 0 Å². The Morgan fingerprint density at radius 2 is 2.29 bits per heavy atom. The Labute approximate surface area is 101 Å². The second-order valence-electron chi connectivity index (χ2n) is 4.59. The van der Waals surface area contributed by atoms with Crippen LogP contribution in [0.3, 0.4) is 0 Å². The first-order chi connectivity index (χ1) is 8.17. The highest BCUT2D eigenvalue weighted by molar-refractivity contribution is 5.84. The van der Waals surface area contributed by atoms with Crippen molar-refractivity contribution in [3.63, 3.8) is 0 Å². The van der Waals surface area contributed by atoms with E-state index in [9.17, 15) is 4.79 Å². The van der Waals surface area contributed by atoms with Crippen LogP contribution in [0.4, 0.5) is 10.5 Å². The summed E-state index contributed by atoms with van der Waals surface area (Å²) in [6, 6.07) is 7.63. The number of ether oxygens (including phenoxy) is 1. The molecule has 1 aliphatic rings. The molecule has 0 aromatic heterocycles. The summed E-state index contributed by atoms with van der Waals surface area (Å²) in [5, 5.41) is 2.72. The zero-order valence-electron chi connectivity index (χ0n) is 9.98. The van der Waals surface area contributed by atoms with Gasteiger partial charge in [-0.1, -0.05) is 12.1 Å². The third-order valence-corrected chi connectivity index (χ3v) is 3.06. The van der Waals surface area contributed by atoms with Gasteiger partial charge in [0.25, 0.3) is 0 Å². The molecule has 0 aliphatic heterocycles. The number of anilines is 1. The number of hydrogen-bond acceptors (Lipinski definition) is 3. The molecule has 0 bridgehead atoms. The predicted octanol–water partition coefficient (Wildman–Crippen LogP) is 2.28. The normalized spacial score (nSPS) is 22.7. The summed E-state index contributed by atoms with van der Waals surface area (Å²) in [5.74, 6) is 0.520. The summed E-state index contributed by atoms with van der Waals surface area (Å²) in [4.78, 5) is 11.6. The third kappa shape index (κ3) is 3.20. The number of benzene rings is 1. The van der Waals surface area contributed by atoms with E-state index in [4.69, 9.17) is 10.5 Å². The number of rotatable bonds is 3. The van der Waals surface area contributed by atoms with Gasteiger partial charge in [-0.25, -0.2) is 4.79 Å². The van der Waals surface area contributed by atoms with Crippen LogP contribution in [-0.2, 0) is 4.74 Å². The van der Waals surface area contributed by atoms with Crippen LogP contribution in [0.2, 0.25) is 0 Å². The minimum Gasteiger partial charge on any atom is -0.446 e. The van der Waals surface area contributed by atoms with Crippen molar-refractivity contribution in [1.82, 2.24) is 0 Å². The number of nitrogens with one attached hydrogen (secondary N) is 1. The predicted molar refractivity (Wildman–Crippen MR) is 66.8 cm³/mol. The Bertz CT molecular complexity index is 400. The molecule has 0 spiro atoms. The van der Waals surface area contributed by atoms with Crippen LogP contribution in [0.1, 0.15) is 18.4 Å². The second-order valence-corrected chi connectivity index (χ2v) is 4.59. The molecule has 0 heterocycles. The molecule has 4 heteroatoms. The van der Waals surface area contributed by atoms with E-state index < -0.39 is 0 Å². The van der Waals surface area contributed by atoms with E-state index in [0.717, 1.165) is 24.1 Å². The number of carbonyl (C=O) groups excluding carboxylic acids is 1. The minimum atomic E-state index is -0.379. The van der Waals surface area contributed by atoms with E-state index in [1.54, 1.807) is 0 Å². The molecule has 0 unspecified atom stereocenters. The summed E-state index contributed by atoms with van der Waals surface area (Å²) in [7, 11) is 0. The molecular formula is C13H18N2O2. The summed E-state index contributed by atoms with van der Waals surface area (Å²) >= 11 is 0. The van der Waals surface area contributed by atoms with Crippen molar-refractivity contribution in [3.8, 4) is 0 Å². The van der Waals surface area contributed by atoms with Gasteiger partial charge in [0.05, 0.1) is 0 Å². The highest BCUT2D eigenvalue weighted by Gasteiger charge is 2.30.